The predicted molar refractivity (Wildman–Crippen MR) is 76.6 cm³/mol. The van der Waals surface area contributed by atoms with Crippen molar-refractivity contribution in [3.05, 3.63) is 28.7 Å². The van der Waals surface area contributed by atoms with Gasteiger partial charge in [-0.1, -0.05) is 28.1 Å². The van der Waals surface area contributed by atoms with Gasteiger partial charge in [-0.25, -0.2) is 0 Å². The van der Waals surface area contributed by atoms with Crippen LogP contribution in [0.2, 0.25) is 0 Å². The molecule has 5 nitrogen and oxygen atoms in total. The zero-order valence-corrected chi connectivity index (χ0v) is 12.4. The lowest BCUT2D eigenvalue weighted by molar-refractivity contribution is 0.0285. The maximum Gasteiger partial charge on any atom is 0.205 e. The molecule has 0 radical (unpaired) electrons. The van der Waals surface area contributed by atoms with E-state index in [1.54, 1.807) is 0 Å². The van der Waals surface area contributed by atoms with Crippen LogP contribution < -0.4 is 0 Å². The molecule has 102 valence electrons. The second-order valence-electron chi connectivity index (χ2n) is 4.39. The third-order valence-electron chi connectivity index (χ3n) is 2.87. The Bertz CT molecular complexity index is 483. The molecule has 1 aliphatic rings. The predicted octanol–water partition coefficient (Wildman–Crippen LogP) is 3.20. The molecule has 1 aliphatic heterocycles. The van der Waals surface area contributed by atoms with Crippen molar-refractivity contribution in [1.82, 2.24) is 20.6 Å². The number of tetrazole rings is 1. The van der Waals surface area contributed by atoms with E-state index in [4.69, 9.17) is 4.74 Å². The quantitative estimate of drug-likeness (QED) is 0.874. The Balaban J connectivity index is 0.000000163. The van der Waals surface area contributed by atoms with Crippen molar-refractivity contribution in [1.29, 1.82) is 0 Å². The molecule has 1 saturated heterocycles. The van der Waals surface area contributed by atoms with Crippen LogP contribution in [0, 0.1) is 0 Å². The normalized spacial score (nSPS) is 18.5. The van der Waals surface area contributed by atoms with E-state index in [1.807, 2.05) is 24.3 Å². The molecule has 1 N–H and O–H groups in total. The Labute approximate surface area is 120 Å². The van der Waals surface area contributed by atoms with E-state index in [1.165, 1.54) is 19.3 Å². The lowest BCUT2D eigenvalue weighted by atomic mass is 10.1. The Morgan fingerprint density at radius 1 is 1.32 bits per heavy atom. The molecule has 0 saturated carbocycles. The van der Waals surface area contributed by atoms with Crippen LogP contribution in [0.1, 0.15) is 26.2 Å². The smallest absolute Gasteiger partial charge is 0.205 e. The number of benzene rings is 1. The van der Waals surface area contributed by atoms with Crippen LogP contribution in [0.5, 0.6) is 0 Å². The minimum Gasteiger partial charge on any atom is -0.379 e. The summed E-state index contributed by atoms with van der Waals surface area (Å²) in [4.78, 5) is 0. The topological polar surface area (TPSA) is 63.7 Å². The van der Waals surface area contributed by atoms with Crippen molar-refractivity contribution in [2.45, 2.75) is 32.3 Å². The molecule has 1 aromatic carbocycles. The van der Waals surface area contributed by atoms with Crippen molar-refractivity contribution in [3.63, 3.8) is 0 Å². The molecule has 3 rings (SSSR count). The van der Waals surface area contributed by atoms with Gasteiger partial charge in [-0.15, -0.1) is 10.2 Å². The number of aromatic nitrogens is 4. The van der Waals surface area contributed by atoms with Crippen LogP contribution in [0.4, 0.5) is 0 Å². The van der Waals surface area contributed by atoms with Gasteiger partial charge in [0.2, 0.25) is 5.82 Å². The number of hydrogen-bond donors (Lipinski definition) is 1. The van der Waals surface area contributed by atoms with Crippen molar-refractivity contribution in [2.75, 3.05) is 6.61 Å². The van der Waals surface area contributed by atoms with Crippen LogP contribution >= 0.6 is 15.9 Å². The number of nitrogens with zero attached hydrogens (tertiary/aromatic N) is 3. The molecule has 1 fully saturated rings. The molecule has 2 heterocycles. The van der Waals surface area contributed by atoms with Gasteiger partial charge < -0.3 is 4.74 Å². The summed E-state index contributed by atoms with van der Waals surface area (Å²) in [6.45, 7) is 3.13. The van der Waals surface area contributed by atoms with Crippen LogP contribution in [0.3, 0.4) is 0 Å². The van der Waals surface area contributed by atoms with Crippen molar-refractivity contribution in [2.24, 2.45) is 0 Å². The fourth-order valence-corrected chi connectivity index (χ4v) is 2.28. The van der Waals surface area contributed by atoms with E-state index in [9.17, 15) is 0 Å². The molecule has 1 unspecified atom stereocenters. The first-order valence-corrected chi connectivity index (χ1v) is 7.16. The lowest BCUT2D eigenvalue weighted by Gasteiger charge is -2.17. The first kappa shape index (κ1) is 14.1. The van der Waals surface area contributed by atoms with E-state index < -0.39 is 0 Å². The minimum atomic E-state index is 0.536. The number of aromatic amines is 1. The highest BCUT2D eigenvalue weighted by atomic mass is 79.9. The van der Waals surface area contributed by atoms with Gasteiger partial charge in [0.15, 0.2) is 0 Å². The highest BCUT2D eigenvalue weighted by molar-refractivity contribution is 9.10. The van der Waals surface area contributed by atoms with Crippen molar-refractivity contribution in [3.8, 4) is 11.4 Å². The van der Waals surface area contributed by atoms with Gasteiger partial charge in [0.05, 0.1) is 6.10 Å². The van der Waals surface area contributed by atoms with E-state index in [-0.39, 0.29) is 0 Å². The molecule has 1 aromatic heterocycles. The zero-order chi connectivity index (χ0) is 13.5. The number of halogens is 1. The summed E-state index contributed by atoms with van der Waals surface area (Å²) >= 11 is 3.40. The number of ether oxygens (including phenoxy) is 1. The molecular formula is C13H17BrN4O. The summed E-state index contributed by atoms with van der Waals surface area (Å²) < 4.78 is 6.24. The van der Waals surface area contributed by atoms with Crippen molar-refractivity contribution >= 4 is 15.9 Å². The molecule has 0 spiro atoms. The largest absolute Gasteiger partial charge is 0.379 e. The van der Waals surface area contributed by atoms with E-state index >= 15 is 0 Å². The van der Waals surface area contributed by atoms with Crippen LogP contribution in [-0.2, 0) is 4.74 Å². The zero-order valence-electron chi connectivity index (χ0n) is 10.8. The SMILES string of the molecule is Brc1ccccc1-c1nn[nH]n1.CC1CCCCO1. The van der Waals surface area contributed by atoms with Gasteiger partial charge in [0.25, 0.3) is 0 Å². The van der Waals surface area contributed by atoms with Crippen LogP contribution in [0.15, 0.2) is 28.7 Å². The van der Waals surface area contributed by atoms with Gasteiger partial charge in [-0.3, -0.25) is 0 Å². The summed E-state index contributed by atoms with van der Waals surface area (Å²) in [6, 6.07) is 7.73. The average Bonchev–Trinajstić information content (AvgIpc) is 2.95. The Morgan fingerprint density at radius 2 is 2.16 bits per heavy atom. The average molecular weight is 325 g/mol. The number of H-pyrrole nitrogens is 1. The molecule has 19 heavy (non-hydrogen) atoms. The number of nitrogens with one attached hydrogen (secondary N) is 1. The Hall–Kier alpha value is -1.27. The molecule has 0 aliphatic carbocycles. The minimum absolute atomic E-state index is 0.536. The van der Waals surface area contributed by atoms with E-state index in [0.717, 1.165) is 16.6 Å². The summed E-state index contributed by atoms with van der Waals surface area (Å²) in [5, 5.41) is 13.6. The number of hydrogen-bond acceptors (Lipinski definition) is 4. The van der Waals surface area contributed by atoms with Gasteiger partial charge in [-0.2, -0.15) is 5.21 Å². The summed E-state index contributed by atoms with van der Waals surface area (Å²) in [7, 11) is 0. The first-order chi connectivity index (χ1) is 9.27. The van der Waals surface area contributed by atoms with Crippen molar-refractivity contribution < 1.29 is 4.74 Å². The standard InChI is InChI=1S/C7H5BrN4.C6H12O/c8-6-4-2-1-3-5(6)7-9-11-12-10-7;1-6-4-2-3-5-7-6/h1-4H,(H,9,10,11,12);6H,2-5H2,1H3. The highest BCUT2D eigenvalue weighted by Gasteiger charge is 2.06. The highest BCUT2D eigenvalue weighted by Crippen LogP contribution is 2.23. The third kappa shape index (κ3) is 4.40. The first-order valence-electron chi connectivity index (χ1n) is 6.37. The van der Waals surface area contributed by atoms with Crippen LogP contribution in [-0.4, -0.2) is 33.3 Å². The summed E-state index contributed by atoms with van der Waals surface area (Å²) in [5.41, 5.74) is 0.936. The van der Waals surface area contributed by atoms with E-state index in [0.29, 0.717) is 11.9 Å². The Morgan fingerprint density at radius 3 is 2.68 bits per heavy atom. The molecular weight excluding hydrogens is 308 g/mol. The molecule has 0 amide bonds. The molecule has 1 atom stereocenters. The van der Waals surface area contributed by atoms with Gasteiger partial charge in [0, 0.05) is 16.6 Å². The Kier molecular flexibility index (Phi) is 5.47. The molecule has 0 bridgehead atoms. The summed E-state index contributed by atoms with van der Waals surface area (Å²) in [5.74, 6) is 0.600. The lowest BCUT2D eigenvalue weighted by Crippen LogP contribution is -2.14. The molecule has 6 heteroatoms. The fourth-order valence-electron chi connectivity index (χ4n) is 1.82. The van der Waals surface area contributed by atoms with E-state index in [2.05, 4.69) is 43.5 Å². The van der Waals surface area contributed by atoms with Gasteiger partial charge >= 0.3 is 0 Å². The van der Waals surface area contributed by atoms with Gasteiger partial charge in [-0.05, 0) is 43.5 Å². The third-order valence-corrected chi connectivity index (χ3v) is 3.56. The maximum absolute atomic E-state index is 5.28. The second-order valence-corrected chi connectivity index (χ2v) is 5.25. The molecule has 2 aromatic rings. The number of rotatable bonds is 1. The second kappa shape index (κ2) is 7.35. The fraction of sp³-hybridized carbons (Fsp3) is 0.462. The maximum atomic E-state index is 5.28. The van der Waals surface area contributed by atoms with Gasteiger partial charge in [0.1, 0.15) is 0 Å². The summed E-state index contributed by atoms with van der Waals surface area (Å²) in [6.07, 6.45) is 4.43. The van der Waals surface area contributed by atoms with Crippen LogP contribution in [0.25, 0.3) is 11.4 Å². The monoisotopic (exact) mass is 324 g/mol.